The summed E-state index contributed by atoms with van der Waals surface area (Å²) in [6, 6.07) is 12.7. The quantitative estimate of drug-likeness (QED) is 0.480. The Kier molecular flexibility index (Phi) is 8.28. The highest BCUT2D eigenvalue weighted by Gasteiger charge is 2.20. The van der Waals surface area contributed by atoms with Gasteiger partial charge < -0.3 is 24.8 Å². The molecule has 2 aromatic rings. The van der Waals surface area contributed by atoms with Gasteiger partial charge in [0.25, 0.3) is 0 Å². The van der Waals surface area contributed by atoms with Crippen LogP contribution >= 0.6 is 0 Å². The van der Waals surface area contributed by atoms with Crippen LogP contribution in [0.5, 0.6) is 11.5 Å². The first-order valence-corrected chi connectivity index (χ1v) is 10.5. The molecule has 0 spiro atoms. The molecule has 0 amide bonds. The lowest BCUT2D eigenvalue weighted by molar-refractivity contribution is -0.890. The van der Waals surface area contributed by atoms with Gasteiger partial charge in [0.2, 0.25) is 0 Å². The number of aliphatic hydroxyl groups excluding tert-OH is 1. The molecule has 3 rings (SSSR count). The van der Waals surface area contributed by atoms with E-state index >= 15 is 0 Å². The number of aliphatic hydroxyl groups is 1. The summed E-state index contributed by atoms with van der Waals surface area (Å²) < 4.78 is 25.0. The van der Waals surface area contributed by atoms with Crippen molar-refractivity contribution in [3.05, 3.63) is 59.4 Å². The minimum Gasteiger partial charge on any atom is -0.497 e. The van der Waals surface area contributed by atoms with Gasteiger partial charge in [-0.2, -0.15) is 0 Å². The van der Waals surface area contributed by atoms with Crippen molar-refractivity contribution in [3.8, 4) is 11.5 Å². The first kappa shape index (κ1) is 21.6. The highest BCUT2D eigenvalue weighted by Crippen LogP contribution is 2.24. The lowest BCUT2D eigenvalue weighted by Crippen LogP contribution is -3.11. The van der Waals surface area contributed by atoms with E-state index in [1.165, 1.54) is 23.8 Å². The van der Waals surface area contributed by atoms with E-state index in [4.69, 9.17) is 9.47 Å². The summed E-state index contributed by atoms with van der Waals surface area (Å²) in [5.74, 6) is 1.32. The number of methoxy groups -OCH3 is 1. The summed E-state index contributed by atoms with van der Waals surface area (Å²) >= 11 is 0. The minimum atomic E-state index is -0.479. The van der Waals surface area contributed by atoms with E-state index in [9.17, 15) is 9.50 Å². The molecule has 6 heteroatoms. The van der Waals surface area contributed by atoms with Crippen molar-refractivity contribution >= 4 is 0 Å². The average molecular weight is 405 g/mol. The van der Waals surface area contributed by atoms with Gasteiger partial charge in [0.15, 0.2) is 0 Å². The molecule has 1 saturated heterocycles. The third-order valence-electron chi connectivity index (χ3n) is 5.48. The van der Waals surface area contributed by atoms with Crippen LogP contribution in [0.25, 0.3) is 0 Å². The van der Waals surface area contributed by atoms with E-state index in [0.29, 0.717) is 6.42 Å². The standard InChI is InChI=1S/C23H31FN2O3/c1-28-21-9-8-19(15-25-11-10-18-6-2-3-7-22(18)24)23(14-21)29-17-20(27)16-26-12-4-5-13-26/h2-3,6-9,14,20,25,27H,4-5,10-13,15-17H2,1H3/p+2. The van der Waals surface area contributed by atoms with Crippen LogP contribution in [0.3, 0.4) is 0 Å². The van der Waals surface area contributed by atoms with Gasteiger partial charge >= 0.3 is 0 Å². The number of ether oxygens (including phenoxy) is 2. The lowest BCUT2D eigenvalue weighted by atomic mass is 10.1. The summed E-state index contributed by atoms with van der Waals surface area (Å²) in [4.78, 5) is 1.45. The van der Waals surface area contributed by atoms with E-state index in [2.05, 4.69) is 5.32 Å². The number of halogens is 1. The molecule has 29 heavy (non-hydrogen) atoms. The van der Waals surface area contributed by atoms with Crippen molar-refractivity contribution in [2.45, 2.75) is 31.9 Å². The van der Waals surface area contributed by atoms with Gasteiger partial charge in [-0.25, -0.2) is 4.39 Å². The molecule has 0 aromatic heterocycles. The molecule has 158 valence electrons. The Balaban J connectivity index is 1.51. The van der Waals surface area contributed by atoms with Crippen molar-refractivity contribution in [1.29, 1.82) is 0 Å². The number of hydrogen-bond acceptors (Lipinski definition) is 3. The zero-order valence-corrected chi connectivity index (χ0v) is 17.2. The zero-order chi connectivity index (χ0) is 20.5. The Bertz CT molecular complexity index is 766. The summed E-state index contributed by atoms with van der Waals surface area (Å²) in [5.41, 5.74) is 1.78. The van der Waals surface area contributed by atoms with Gasteiger partial charge in [-0.3, -0.25) is 0 Å². The first-order valence-electron chi connectivity index (χ1n) is 10.5. The fourth-order valence-corrected chi connectivity index (χ4v) is 3.84. The van der Waals surface area contributed by atoms with Crippen LogP contribution in [0.4, 0.5) is 4.39 Å². The van der Waals surface area contributed by atoms with Gasteiger partial charge in [-0.1, -0.05) is 18.2 Å². The third-order valence-corrected chi connectivity index (χ3v) is 5.48. The number of rotatable bonds is 11. The maximum atomic E-state index is 13.7. The van der Waals surface area contributed by atoms with Gasteiger partial charge in [0.1, 0.15) is 43.1 Å². The van der Waals surface area contributed by atoms with Crippen molar-refractivity contribution in [3.63, 3.8) is 0 Å². The van der Waals surface area contributed by atoms with E-state index < -0.39 is 6.10 Å². The summed E-state index contributed by atoms with van der Waals surface area (Å²) in [6.45, 7) is 4.79. The molecule has 1 aliphatic heterocycles. The highest BCUT2D eigenvalue weighted by molar-refractivity contribution is 5.40. The summed E-state index contributed by atoms with van der Waals surface area (Å²) in [6.07, 6.45) is 2.68. The Labute approximate surface area is 172 Å². The number of likely N-dealkylation sites (tertiary alicyclic amines) is 1. The van der Waals surface area contributed by atoms with Gasteiger partial charge in [-0.05, 0) is 23.8 Å². The Morgan fingerprint density at radius 2 is 1.93 bits per heavy atom. The third kappa shape index (κ3) is 6.70. The predicted molar refractivity (Wildman–Crippen MR) is 110 cm³/mol. The van der Waals surface area contributed by atoms with Crippen molar-refractivity contribution < 1.29 is 29.2 Å². The molecule has 1 unspecified atom stereocenters. The Morgan fingerprint density at radius 1 is 1.14 bits per heavy atom. The van der Waals surface area contributed by atoms with Crippen molar-refractivity contribution in [1.82, 2.24) is 0 Å². The monoisotopic (exact) mass is 404 g/mol. The van der Waals surface area contributed by atoms with Crippen molar-refractivity contribution in [2.24, 2.45) is 0 Å². The van der Waals surface area contributed by atoms with Crippen LogP contribution in [0, 0.1) is 5.82 Å². The number of benzene rings is 2. The van der Waals surface area contributed by atoms with E-state index in [1.54, 1.807) is 13.2 Å². The predicted octanol–water partition coefficient (Wildman–Crippen LogP) is 0.559. The fraction of sp³-hybridized carbons (Fsp3) is 0.478. The molecule has 0 bridgehead atoms. The number of nitrogens with two attached hydrogens (primary N) is 1. The zero-order valence-electron chi connectivity index (χ0n) is 17.2. The van der Waals surface area contributed by atoms with Crippen LogP contribution in [-0.4, -0.2) is 51.1 Å². The van der Waals surface area contributed by atoms with Crippen LogP contribution < -0.4 is 19.7 Å². The molecule has 2 aromatic carbocycles. The molecular formula is C23H33FN2O3+2. The Morgan fingerprint density at radius 3 is 2.69 bits per heavy atom. The van der Waals surface area contributed by atoms with E-state index in [0.717, 1.165) is 55.3 Å². The van der Waals surface area contributed by atoms with Gasteiger partial charge in [0.05, 0.1) is 26.7 Å². The largest absolute Gasteiger partial charge is 0.497 e. The molecule has 0 radical (unpaired) electrons. The van der Waals surface area contributed by atoms with Crippen LogP contribution in [0.1, 0.15) is 24.0 Å². The fourth-order valence-electron chi connectivity index (χ4n) is 3.84. The molecule has 1 aliphatic rings. The van der Waals surface area contributed by atoms with E-state index in [1.807, 2.05) is 30.3 Å². The van der Waals surface area contributed by atoms with E-state index in [-0.39, 0.29) is 12.4 Å². The van der Waals surface area contributed by atoms with Crippen molar-refractivity contribution in [2.75, 3.05) is 39.9 Å². The average Bonchev–Trinajstić information content (AvgIpc) is 3.24. The van der Waals surface area contributed by atoms with Crippen LogP contribution in [-0.2, 0) is 13.0 Å². The second kappa shape index (κ2) is 11.1. The van der Waals surface area contributed by atoms with Gasteiger partial charge in [-0.15, -0.1) is 0 Å². The highest BCUT2D eigenvalue weighted by atomic mass is 19.1. The summed E-state index contributed by atoms with van der Waals surface area (Å²) in [7, 11) is 1.63. The second-order valence-electron chi connectivity index (χ2n) is 7.72. The molecule has 1 atom stereocenters. The number of nitrogens with one attached hydrogen (secondary N) is 1. The van der Waals surface area contributed by atoms with Crippen LogP contribution in [0.15, 0.2) is 42.5 Å². The maximum absolute atomic E-state index is 13.7. The topological polar surface area (TPSA) is 59.7 Å². The molecule has 1 fully saturated rings. The first-order chi connectivity index (χ1) is 14.2. The number of quaternary nitrogens is 2. The molecule has 4 N–H and O–H groups in total. The molecule has 0 saturated carbocycles. The molecule has 5 nitrogen and oxygen atoms in total. The summed E-state index contributed by atoms with van der Waals surface area (Å²) in [5, 5.41) is 12.5. The lowest BCUT2D eigenvalue weighted by Gasteiger charge is -2.18. The second-order valence-corrected chi connectivity index (χ2v) is 7.72. The Hall–Kier alpha value is -2.15. The normalized spacial score (nSPS) is 15.4. The molecule has 1 heterocycles. The maximum Gasteiger partial charge on any atom is 0.137 e. The van der Waals surface area contributed by atoms with Crippen LogP contribution in [0.2, 0.25) is 0 Å². The minimum absolute atomic E-state index is 0.150. The number of hydrogen-bond donors (Lipinski definition) is 3. The molecular weight excluding hydrogens is 371 g/mol. The smallest absolute Gasteiger partial charge is 0.137 e. The SMILES string of the molecule is COc1ccc(C[NH2+]CCc2ccccc2F)c(OCC(O)C[NH+]2CCCC2)c1. The molecule has 0 aliphatic carbocycles. The van der Waals surface area contributed by atoms with Gasteiger partial charge in [0, 0.05) is 30.9 Å².